The maximum Gasteiger partial charge on any atom is 0.229 e. The van der Waals surface area contributed by atoms with Crippen molar-refractivity contribution in [3.8, 4) is 11.3 Å². The van der Waals surface area contributed by atoms with Crippen molar-refractivity contribution in [2.45, 2.75) is 19.3 Å². The number of carbonyl (C=O) groups is 1. The molecule has 2 aromatic rings. The van der Waals surface area contributed by atoms with Gasteiger partial charge in [0.05, 0.1) is 11.9 Å². The predicted octanol–water partition coefficient (Wildman–Crippen LogP) is 3.48. The summed E-state index contributed by atoms with van der Waals surface area (Å²) in [6.07, 6.45) is 7.88. The molecule has 0 radical (unpaired) electrons. The Morgan fingerprint density at radius 1 is 1.32 bits per heavy atom. The number of hydrogen-bond donors (Lipinski definition) is 2. The normalized spacial score (nSPS) is 16.8. The molecule has 1 aliphatic rings. The standard InChI is InChI=1S/C17H19N3O3S2/c1-25(22,23)20-14-8-6-13(7-9-14)15-11-24-17(18-15)19-16(21)10-12-4-2-3-5-12/h2,4,6-9,11-12,20H,3,5,10H2,1H3,(H,18,19,21). The number of anilines is 2. The van der Waals surface area contributed by atoms with Crippen LogP contribution in [0.5, 0.6) is 0 Å². The Bertz CT molecular complexity index is 886. The first kappa shape index (κ1) is 17.6. The van der Waals surface area contributed by atoms with Gasteiger partial charge in [0.25, 0.3) is 0 Å². The van der Waals surface area contributed by atoms with Crippen LogP contribution in [0.1, 0.15) is 19.3 Å². The second kappa shape index (κ2) is 7.37. The molecule has 0 fully saturated rings. The maximum absolute atomic E-state index is 12.0. The Hall–Kier alpha value is -2.19. The molecule has 0 saturated carbocycles. The average Bonchev–Trinajstić information content (AvgIpc) is 3.18. The van der Waals surface area contributed by atoms with E-state index in [4.69, 9.17) is 0 Å². The molecule has 3 rings (SSSR count). The monoisotopic (exact) mass is 377 g/mol. The number of allylic oxidation sites excluding steroid dienone is 2. The van der Waals surface area contributed by atoms with Gasteiger partial charge in [-0.2, -0.15) is 0 Å². The van der Waals surface area contributed by atoms with Crippen LogP contribution >= 0.6 is 11.3 Å². The Morgan fingerprint density at radius 2 is 2.08 bits per heavy atom. The molecular formula is C17H19N3O3S2. The van der Waals surface area contributed by atoms with Crippen LogP contribution < -0.4 is 10.0 Å². The highest BCUT2D eigenvalue weighted by atomic mass is 32.2. The van der Waals surface area contributed by atoms with Crippen molar-refractivity contribution in [2.24, 2.45) is 5.92 Å². The van der Waals surface area contributed by atoms with Gasteiger partial charge < -0.3 is 5.32 Å². The first-order chi connectivity index (χ1) is 11.9. The number of amides is 1. The summed E-state index contributed by atoms with van der Waals surface area (Å²) in [5, 5.41) is 5.28. The Kier molecular flexibility index (Phi) is 5.19. The fourth-order valence-electron chi connectivity index (χ4n) is 2.66. The van der Waals surface area contributed by atoms with Gasteiger partial charge in [-0.15, -0.1) is 11.3 Å². The minimum Gasteiger partial charge on any atom is -0.302 e. The third-order valence-corrected chi connectivity index (χ3v) is 5.16. The number of benzene rings is 1. The minimum absolute atomic E-state index is 0.0230. The number of carbonyl (C=O) groups excluding carboxylic acids is 1. The van der Waals surface area contributed by atoms with Crippen molar-refractivity contribution in [3.05, 3.63) is 41.8 Å². The molecule has 0 spiro atoms. The lowest BCUT2D eigenvalue weighted by Crippen LogP contribution is -2.14. The van der Waals surface area contributed by atoms with Crippen LogP contribution in [-0.2, 0) is 14.8 Å². The van der Waals surface area contributed by atoms with Crippen molar-refractivity contribution in [1.29, 1.82) is 0 Å². The van der Waals surface area contributed by atoms with E-state index in [1.54, 1.807) is 24.3 Å². The zero-order chi connectivity index (χ0) is 17.9. The van der Waals surface area contributed by atoms with Gasteiger partial charge in [-0.3, -0.25) is 9.52 Å². The third-order valence-electron chi connectivity index (χ3n) is 3.79. The van der Waals surface area contributed by atoms with E-state index in [9.17, 15) is 13.2 Å². The van der Waals surface area contributed by atoms with E-state index in [0.717, 1.165) is 30.4 Å². The fraction of sp³-hybridized carbons (Fsp3) is 0.294. The van der Waals surface area contributed by atoms with Crippen molar-refractivity contribution in [3.63, 3.8) is 0 Å². The molecule has 8 heteroatoms. The van der Waals surface area contributed by atoms with Crippen LogP contribution in [-0.4, -0.2) is 25.6 Å². The summed E-state index contributed by atoms with van der Waals surface area (Å²) in [5.74, 6) is 0.305. The van der Waals surface area contributed by atoms with Gasteiger partial charge in [-0.05, 0) is 30.9 Å². The van der Waals surface area contributed by atoms with Gasteiger partial charge in [-0.1, -0.05) is 24.3 Å². The first-order valence-corrected chi connectivity index (χ1v) is 10.7. The summed E-state index contributed by atoms with van der Waals surface area (Å²) in [7, 11) is -3.29. The van der Waals surface area contributed by atoms with E-state index in [-0.39, 0.29) is 5.91 Å². The van der Waals surface area contributed by atoms with Gasteiger partial charge >= 0.3 is 0 Å². The van der Waals surface area contributed by atoms with Gasteiger partial charge in [0.1, 0.15) is 0 Å². The summed E-state index contributed by atoms with van der Waals surface area (Å²) < 4.78 is 24.9. The topological polar surface area (TPSA) is 88.2 Å². The quantitative estimate of drug-likeness (QED) is 0.755. The highest BCUT2D eigenvalue weighted by Crippen LogP contribution is 2.27. The largest absolute Gasteiger partial charge is 0.302 e. The molecule has 1 amide bonds. The number of thiazole rings is 1. The molecule has 1 aliphatic carbocycles. The molecular weight excluding hydrogens is 358 g/mol. The fourth-order valence-corrected chi connectivity index (χ4v) is 3.96. The highest BCUT2D eigenvalue weighted by molar-refractivity contribution is 7.92. The molecule has 1 aromatic carbocycles. The second-order valence-corrected chi connectivity index (χ2v) is 8.61. The van der Waals surface area contributed by atoms with Crippen LogP contribution in [0.3, 0.4) is 0 Å². The van der Waals surface area contributed by atoms with E-state index in [0.29, 0.717) is 23.2 Å². The molecule has 1 unspecified atom stereocenters. The zero-order valence-corrected chi connectivity index (χ0v) is 15.4. The molecule has 0 aliphatic heterocycles. The minimum atomic E-state index is -3.29. The van der Waals surface area contributed by atoms with E-state index in [2.05, 4.69) is 27.2 Å². The van der Waals surface area contributed by atoms with Crippen LogP contribution in [0.4, 0.5) is 10.8 Å². The summed E-state index contributed by atoms with van der Waals surface area (Å²) in [6, 6.07) is 6.94. The van der Waals surface area contributed by atoms with Crippen molar-refractivity contribution in [1.82, 2.24) is 4.98 Å². The van der Waals surface area contributed by atoms with Crippen LogP contribution in [0.2, 0.25) is 0 Å². The van der Waals surface area contributed by atoms with Crippen LogP contribution in [0.15, 0.2) is 41.8 Å². The van der Waals surface area contributed by atoms with Crippen LogP contribution in [0, 0.1) is 5.92 Å². The third kappa shape index (κ3) is 5.14. The number of nitrogens with zero attached hydrogens (tertiary/aromatic N) is 1. The molecule has 0 bridgehead atoms. The van der Waals surface area contributed by atoms with Crippen molar-refractivity contribution in [2.75, 3.05) is 16.3 Å². The van der Waals surface area contributed by atoms with E-state index in [1.807, 2.05) is 5.38 Å². The second-order valence-electron chi connectivity index (χ2n) is 6.01. The van der Waals surface area contributed by atoms with Gasteiger partial charge in [0.2, 0.25) is 15.9 Å². The number of nitrogens with one attached hydrogen (secondary N) is 2. The summed E-state index contributed by atoms with van der Waals surface area (Å²) in [5.41, 5.74) is 2.10. The molecule has 0 saturated heterocycles. The molecule has 1 aromatic heterocycles. The molecule has 132 valence electrons. The van der Waals surface area contributed by atoms with E-state index in [1.165, 1.54) is 11.3 Å². The van der Waals surface area contributed by atoms with Gasteiger partial charge in [-0.25, -0.2) is 13.4 Å². The SMILES string of the molecule is CS(=O)(=O)Nc1ccc(-c2csc(NC(=O)CC3C=CCC3)n2)cc1. The Balaban J connectivity index is 1.62. The zero-order valence-electron chi connectivity index (χ0n) is 13.7. The number of sulfonamides is 1. The Labute approximate surface area is 151 Å². The highest BCUT2D eigenvalue weighted by Gasteiger charge is 2.15. The number of rotatable bonds is 6. The molecule has 1 atom stereocenters. The molecule has 25 heavy (non-hydrogen) atoms. The lowest BCUT2D eigenvalue weighted by Gasteiger charge is -2.06. The van der Waals surface area contributed by atoms with Crippen molar-refractivity contribution < 1.29 is 13.2 Å². The summed E-state index contributed by atoms with van der Waals surface area (Å²) in [6.45, 7) is 0. The Morgan fingerprint density at radius 3 is 2.72 bits per heavy atom. The summed E-state index contributed by atoms with van der Waals surface area (Å²) >= 11 is 1.37. The first-order valence-electron chi connectivity index (χ1n) is 7.89. The van der Waals surface area contributed by atoms with Gasteiger partial charge in [0, 0.05) is 23.1 Å². The molecule has 1 heterocycles. The van der Waals surface area contributed by atoms with E-state index < -0.39 is 10.0 Å². The van der Waals surface area contributed by atoms with E-state index >= 15 is 0 Å². The smallest absolute Gasteiger partial charge is 0.229 e. The number of aromatic nitrogens is 1. The van der Waals surface area contributed by atoms with Gasteiger partial charge in [0.15, 0.2) is 5.13 Å². The number of hydrogen-bond acceptors (Lipinski definition) is 5. The lowest BCUT2D eigenvalue weighted by molar-refractivity contribution is -0.116. The molecule has 2 N–H and O–H groups in total. The molecule has 6 nitrogen and oxygen atoms in total. The lowest BCUT2D eigenvalue weighted by atomic mass is 10.1. The average molecular weight is 377 g/mol. The summed E-state index contributed by atoms with van der Waals surface area (Å²) in [4.78, 5) is 16.5. The van der Waals surface area contributed by atoms with Crippen molar-refractivity contribution >= 4 is 38.1 Å². The maximum atomic E-state index is 12.0. The van der Waals surface area contributed by atoms with Crippen LogP contribution in [0.25, 0.3) is 11.3 Å². The predicted molar refractivity (Wildman–Crippen MR) is 101 cm³/mol.